The maximum atomic E-state index is 12.3. The first-order valence-corrected chi connectivity index (χ1v) is 10.4. The van der Waals surface area contributed by atoms with Crippen molar-refractivity contribution in [2.24, 2.45) is 5.14 Å². The Morgan fingerprint density at radius 1 is 1.18 bits per heavy atom. The summed E-state index contributed by atoms with van der Waals surface area (Å²) in [5.74, 6) is -0.289. The number of aromatic nitrogens is 2. The maximum absolute atomic E-state index is 12.3. The van der Waals surface area contributed by atoms with Gasteiger partial charge in [-0.2, -0.15) is 5.10 Å². The fraction of sp³-hybridized carbons (Fsp3) is 0.158. The molecule has 1 aromatic heterocycles. The fourth-order valence-electron chi connectivity index (χ4n) is 2.68. The van der Waals surface area contributed by atoms with Gasteiger partial charge in [0.2, 0.25) is 15.9 Å². The van der Waals surface area contributed by atoms with Crippen LogP contribution in [0.4, 0.5) is 5.69 Å². The second-order valence-electron chi connectivity index (χ2n) is 6.23. The van der Waals surface area contributed by atoms with E-state index in [0.717, 1.165) is 17.5 Å². The van der Waals surface area contributed by atoms with Crippen molar-refractivity contribution in [1.82, 2.24) is 9.78 Å². The van der Waals surface area contributed by atoms with E-state index in [1.54, 1.807) is 48.8 Å². The molecule has 28 heavy (non-hydrogen) atoms. The van der Waals surface area contributed by atoms with Crippen LogP contribution in [0.3, 0.4) is 0 Å². The lowest BCUT2D eigenvalue weighted by molar-refractivity contribution is -0.115. The number of anilines is 1. The van der Waals surface area contributed by atoms with Crippen molar-refractivity contribution in [2.75, 3.05) is 5.32 Å². The van der Waals surface area contributed by atoms with Gasteiger partial charge in [0.15, 0.2) is 0 Å². The number of nitrogens with zero attached hydrogens (tertiary/aromatic N) is 2. The number of sulfonamides is 1. The third-order valence-corrected chi connectivity index (χ3v) is 5.31. The lowest BCUT2D eigenvalue weighted by Crippen LogP contribution is -2.18. The minimum atomic E-state index is -4.03. The van der Waals surface area contributed by atoms with Crippen molar-refractivity contribution in [2.45, 2.75) is 24.7 Å². The largest absolute Gasteiger partial charge is 0.326 e. The molecule has 0 spiro atoms. The summed E-state index contributed by atoms with van der Waals surface area (Å²) >= 11 is 5.84. The maximum Gasteiger partial charge on any atom is 0.240 e. The molecule has 0 aliphatic carbocycles. The molecule has 1 amide bonds. The van der Waals surface area contributed by atoms with Crippen LogP contribution >= 0.6 is 11.6 Å². The van der Waals surface area contributed by atoms with Crippen LogP contribution in [0.1, 0.15) is 18.1 Å². The first-order valence-electron chi connectivity index (χ1n) is 8.51. The van der Waals surface area contributed by atoms with Crippen molar-refractivity contribution >= 4 is 33.2 Å². The number of halogens is 1. The highest BCUT2D eigenvalue weighted by atomic mass is 35.5. The average Bonchev–Trinajstić information content (AvgIpc) is 3.12. The lowest BCUT2D eigenvalue weighted by atomic mass is 10.1. The first kappa shape index (κ1) is 20.1. The lowest BCUT2D eigenvalue weighted by Gasteiger charge is -2.11. The van der Waals surface area contributed by atoms with Gasteiger partial charge in [-0.1, -0.05) is 30.7 Å². The Kier molecular flexibility index (Phi) is 5.83. The van der Waals surface area contributed by atoms with Crippen molar-refractivity contribution in [3.63, 3.8) is 0 Å². The minimum Gasteiger partial charge on any atom is -0.326 e. The van der Waals surface area contributed by atoms with Crippen LogP contribution in [-0.4, -0.2) is 24.1 Å². The van der Waals surface area contributed by atoms with E-state index in [1.165, 1.54) is 10.7 Å². The standard InChI is InChI=1S/C19H19ClN4O3S/c1-2-13-11-22-24(12-13)17-8-7-16(10-18(17)28(21,26)27)23-19(25)9-14-3-5-15(20)6-4-14/h3-8,10-12H,2,9H2,1H3,(H,23,25)(H2,21,26,27). The molecule has 146 valence electrons. The molecule has 0 atom stereocenters. The average molecular weight is 419 g/mol. The normalized spacial score (nSPS) is 11.4. The van der Waals surface area contributed by atoms with Gasteiger partial charge in [0.05, 0.1) is 18.3 Å². The predicted octanol–water partition coefficient (Wildman–Crippen LogP) is 2.92. The summed E-state index contributed by atoms with van der Waals surface area (Å²) in [6.45, 7) is 1.97. The van der Waals surface area contributed by atoms with Gasteiger partial charge in [-0.25, -0.2) is 18.2 Å². The number of primary sulfonamides is 1. The molecule has 0 fully saturated rings. The highest BCUT2D eigenvalue weighted by Crippen LogP contribution is 2.23. The summed E-state index contributed by atoms with van der Waals surface area (Å²) in [6, 6.07) is 11.4. The zero-order valence-electron chi connectivity index (χ0n) is 15.1. The summed E-state index contributed by atoms with van der Waals surface area (Å²) < 4.78 is 25.6. The highest BCUT2D eigenvalue weighted by Gasteiger charge is 2.18. The van der Waals surface area contributed by atoms with Gasteiger partial charge in [-0.3, -0.25) is 4.79 Å². The van der Waals surface area contributed by atoms with E-state index < -0.39 is 10.0 Å². The molecule has 0 bridgehead atoms. The third-order valence-electron chi connectivity index (χ3n) is 4.12. The molecule has 0 saturated heterocycles. The second kappa shape index (κ2) is 8.14. The molecule has 0 saturated carbocycles. The number of rotatable bonds is 6. The van der Waals surface area contributed by atoms with Gasteiger partial charge in [0.25, 0.3) is 0 Å². The Hall–Kier alpha value is -2.68. The highest BCUT2D eigenvalue weighted by molar-refractivity contribution is 7.89. The van der Waals surface area contributed by atoms with Crippen molar-refractivity contribution < 1.29 is 13.2 Å². The predicted molar refractivity (Wildman–Crippen MR) is 108 cm³/mol. The van der Waals surface area contributed by atoms with E-state index in [-0.39, 0.29) is 17.2 Å². The van der Waals surface area contributed by atoms with Gasteiger partial charge in [0.1, 0.15) is 4.90 Å². The van der Waals surface area contributed by atoms with E-state index in [1.807, 2.05) is 6.92 Å². The van der Waals surface area contributed by atoms with Crippen LogP contribution in [0.5, 0.6) is 0 Å². The Labute approximate surface area is 168 Å². The van der Waals surface area contributed by atoms with E-state index in [0.29, 0.717) is 16.4 Å². The van der Waals surface area contributed by atoms with Crippen molar-refractivity contribution in [3.8, 4) is 5.69 Å². The second-order valence-corrected chi connectivity index (χ2v) is 8.19. The van der Waals surface area contributed by atoms with Crippen molar-refractivity contribution in [3.05, 3.63) is 71.0 Å². The molecule has 3 aromatic rings. The number of benzene rings is 2. The van der Waals surface area contributed by atoms with E-state index in [2.05, 4.69) is 10.4 Å². The van der Waals surface area contributed by atoms with Gasteiger partial charge >= 0.3 is 0 Å². The SMILES string of the molecule is CCc1cnn(-c2ccc(NC(=O)Cc3ccc(Cl)cc3)cc2S(N)(=O)=O)c1. The number of hydrogen-bond donors (Lipinski definition) is 2. The van der Waals surface area contributed by atoms with Crippen LogP contribution in [-0.2, 0) is 27.7 Å². The topological polar surface area (TPSA) is 107 Å². The molecular weight excluding hydrogens is 400 g/mol. The molecule has 0 aliphatic heterocycles. The number of carbonyl (C=O) groups excluding carboxylic acids is 1. The van der Waals surface area contributed by atoms with Crippen LogP contribution in [0.25, 0.3) is 5.69 Å². The Bertz CT molecular complexity index is 1110. The fourth-order valence-corrected chi connectivity index (χ4v) is 3.55. The molecule has 7 nitrogen and oxygen atoms in total. The Morgan fingerprint density at radius 3 is 2.50 bits per heavy atom. The van der Waals surface area contributed by atoms with Crippen LogP contribution in [0.15, 0.2) is 59.8 Å². The first-order chi connectivity index (χ1) is 13.3. The molecule has 0 radical (unpaired) electrons. The molecule has 0 aliphatic rings. The summed E-state index contributed by atoms with van der Waals surface area (Å²) in [5, 5.41) is 12.8. The van der Waals surface area contributed by atoms with Crippen molar-refractivity contribution in [1.29, 1.82) is 0 Å². The molecule has 1 heterocycles. The van der Waals surface area contributed by atoms with Crippen LogP contribution < -0.4 is 10.5 Å². The molecule has 9 heteroatoms. The van der Waals surface area contributed by atoms with Gasteiger partial charge in [-0.15, -0.1) is 0 Å². The van der Waals surface area contributed by atoms with Crippen LogP contribution in [0.2, 0.25) is 5.02 Å². The molecule has 2 aromatic carbocycles. The monoisotopic (exact) mass is 418 g/mol. The number of aryl methyl sites for hydroxylation is 1. The molecular formula is C19H19ClN4O3S. The summed E-state index contributed by atoms with van der Waals surface area (Å²) in [5.41, 5.74) is 2.39. The Morgan fingerprint density at radius 2 is 1.89 bits per heavy atom. The number of nitrogens with two attached hydrogens (primary N) is 1. The smallest absolute Gasteiger partial charge is 0.240 e. The zero-order chi connectivity index (χ0) is 20.3. The van der Waals surface area contributed by atoms with Crippen LogP contribution in [0, 0.1) is 0 Å². The number of hydrogen-bond acceptors (Lipinski definition) is 4. The quantitative estimate of drug-likeness (QED) is 0.641. The van der Waals surface area contributed by atoms with Gasteiger partial charge in [0, 0.05) is 16.9 Å². The zero-order valence-corrected chi connectivity index (χ0v) is 16.7. The van der Waals surface area contributed by atoms with E-state index in [9.17, 15) is 13.2 Å². The number of amides is 1. The molecule has 0 unspecified atom stereocenters. The van der Waals surface area contributed by atoms with E-state index in [4.69, 9.17) is 16.7 Å². The number of carbonyl (C=O) groups is 1. The summed E-state index contributed by atoms with van der Waals surface area (Å²) in [7, 11) is -4.03. The van der Waals surface area contributed by atoms with Gasteiger partial charge < -0.3 is 5.32 Å². The summed E-state index contributed by atoms with van der Waals surface area (Å²) in [6.07, 6.45) is 4.30. The third kappa shape index (κ3) is 4.78. The van der Waals surface area contributed by atoms with Gasteiger partial charge in [-0.05, 0) is 47.9 Å². The minimum absolute atomic E-state index is 0.123. The Balaban J connectivity index is 1.86. The summed E-state index contributed by atoms with van der Waals surface area (Å²) in [4.78, 5) is 12.2. The molecule has 3 N–H and O–H groups in total. The van der Waals surface area contributed by atoms with E-state index >= 15 is 0 Å². The molecule has 3 rings (SSSR count). The number of nitrogens with one attached hydrogen (secondary N) is 1.